The van der Waals surface area contributed by atoms with E-state index in [0.717, 1.165) is 82.8 Å². The minimum atomic E-state index is -1.17. The zero-order valence-electron chi connectivity index (χ0n) is 17.1. The van der Waals surface area contributed by atoms with Crippen molar-refractivity contribution in [3.05, 3.63) is 24.3 Å². The number of carboxylic acids is 2. The highest BCUT2D eigenvalue weighted by Crippen LogP contribution is 2.14. The number of aliphatic carboxylic acids is 2. The lowest BCUT2D eigenvalue weighted by Crippen LogP contribution is -2.16. The molecular formula is C22H36O6. The second-order valence-corrected chi connectivity index (χ2v) is 6.99. The Balaban J connectivity index is 4.09. The van der Waals surface area contributed by atoms with Crippen molar-refractivity contribution in [1.29, 1.82) is 0 Å². The molecule has 6 heteroatoms. The fourth-order valence-electron chi connectivity index (χ4n) is 2.80. The number of hydrogen-bond acceptors (Lipinski definition) is 4. The third kappa shape index (κ3) is 18.7. The summed E-state index contributed by atoms with van der Waals surface area (Å²) in [5, 5.41) is 17.2. The molecule has 2 N–H and O–H groups in total. The molecule has 0 bridgehead atoms. The quantitative estimate of drug-likeness (QED) is 0.142. The summed E-state index contributed by atoms with van der Waals surface area (Å²) in [5.41, 5.74) is 0. The molecule has 0 aromatic heterocycles. The van der Waals surface area contributed by atoms with Gasteiger partial charge >= 0.3 is 17.9 Å². The Morgan fingerprint density at radius 1 is 0.857 bits per heavy atom. The highest BCUT2D eigenvalue weighted by Gasteiger charge is 2.11. The Bertz CT molecular complexity index is 495. The van der Waals surface area contributed by atoms with E-state index < -0.39 is 17.9 Å². The molecule has 0 aromatic carbocycles. The zero-order chi connectivity index (χ0) is 21.0. The van der Waals surface area contributed by atoms with Gasteiger partial charge in [-0.2, -0.15) is 0 Å². The fourth-order valence-corrected chi connectivity index (χ4v) is 2.80. The second kappa shape index (κ2) is 18.3. The number of ether oxygens (including phenoxy) is 1. The SMILES string of the molecule is CCCCCC[C@H](CC=CCCCCCCCC(=O)O)OC(=O)C=CC(=O)O. The number of unbranched alkanes of at least 4 members (excludes halogenated alkanes) is 8. The lowest BCUT2D eigenvalue weighted by Gasteiger charge is -2.15. The van der Waals surface area contributed by atoms with Gasteiger partial charge < -0.3 is 14.9 Å². The van der Waals surface area contributed by atoms with Crippen LogP contribution in [-0.4, -0.2) is 34.2 Å². The molecule has 0 amide bonds. The van der Waals surface area contributed by atoms with Crippen LogP contribution in [-0.2, 0) is 19.1 Å². The fraction of sp³-hybridized carbons (Fsp3) is 0.682. The lowest BCUT2D eigenvalue weighted by atomic mass is 10.1. The standard InChI is InChI=1S/C22H36O6/c1-2-3-4-11-14-19(28-22(27)18-17-21(25)26)15-12-9-7-5-6-8-10-13-16-20(23)24/h9,12,17-19H,2-8,10-11,13-16H2,1H3,(H,23,24)(H,25,26)/t19-/m1/s1. The topological polar surface area (TPSA) is 101 Å². The zero-order valence-corrected chi connectivity index (χ0v) is 17.1. The number of carboxylic acid groups (broad SMARTS) is 2. The Labute approximate surface area is 168 Å². The van der Waals surface area contributed by atoms with E-state index in [2.05, 4.69) is 13.0 Å². The van der Waals surface area contributed by atoms with E-state index in [4.69, 9.17) is 14.9 Å². The molecule has 160 valence electrons. The van der Waals surface area contributed by atoms with Crippen LogP contribution in [0.25, 0.3) is 0 Å². The summed E-state index contributed by atoms with van der Waals surface area (Å²) in [6, 6.07) is 0. The Morgan fingerprint density at radius 3 is 2.21 bits per heavy atom. The maximum atomic E-state index is 11.7. The average molecular weight is 397 g/mol. The highest BCUT2D eigenvalue weighted by molar-refractivity contribution is 5.90. The van der Waals surface area contributed by atoms with E-state index in [1.54, 1.807) is 0 Å². The molecule has 0 saturated heterocycles. The molecule has 28 heavy (non-hydrogen) atoms. The van der Waals surface area contributed by atoms with E-state index >= 15 is 0 Å². The van der Waals surface area contributed by atoms with Crippen LogP contribution >= 0.6 is 0 Å². The first-order chi connectivity index (χ1) is 13.5. The van der Waals surface area contributed by atoms with Gasteiger partial charge in [0.1, 0.15) is 6.10 Å². The minimum Gasteiger partial charge on any atom is -0.481 e. The van der Waals surface area contributed by atoms with Crippen molar-refractivity contribution < 1.29 is 29.3 Å². The van der Waals surface area contributed by atoms with Gasteiger partial charge in [-0.1, -0.05) is 57.6 Å². The number of hydrogen-bond donors (Lipinski definition) is 2. The molecule has 0 unspecified atom stereocenters. The van der Waals surface area contributed by atoms with Crippen molar-refractivity contribution >= 4 is 17.9 Å². The normalized spacial score (nSPS) is 12.5. The van der Waals surface area contributed by atoms with Gasteiger partial charge in [-0.25, -0.2) is 9.59 Å². The summed E-state index contributed by atoms with van der Waals surface area (Å²) in [7, 11) is 0. The second-order valence-electron chi connectivity index (χ2n) is 6.99. The van der Waals surface area contributed by atoms with Gasteiger partial charge in [0.15, 0.2) is 0 Å². The molecule has 0 fully saturated rings. The monoisotopic (exact) mass is 396 g/mol. The van der Waals surface area contributed by atoms with Crippen molar-refractivity contribution in [3.63, 3.8) is 0 Å². The van der Waals surface area contributed by atoms with Crippen molar-refractivity contribution in [2.24, 2.45) is 0 Å². The Morgan fingerprint density at radius 2 is 1.54 bits per heavy atom. The van der Waals surface area contributed by atoms with Crippen molar-refractivity contribution in [2.75, 3.05) is 0 Å². The van der Waals surface area contributed by atoms with Gasteiger partial charge in [-0.3, -0.25) is 4.79 Å². The molecular weight excluding hydrogens is 360 g/mol. The highest BCUT2D eigenvalue weighted by atomic mass is 16.5. The molecule has 0 heterocycles. The summed E-state index contributed by atoms with van der Waals surface area (Å²) >= 11 is 0. The molecule has 0 rings (SSSR count). The van der Waals surface area contributed by atoms with Gasteiger partial charge in [-0.15, -0.1) is 0 Å². The minimum absolute atomic E-state index is 0.227. The van der Waals surface area contributed by atoms with Crippen LogP contribution in [0.4, 0.5) is 0 Å². The molecule has 0 aromatic rings. The van der Waals surface area contributed by atoms with Crippen LogP contribution in [0.2, 0.25) is 0 Å². The van der Waals surface area contributed by atoms with Gasteiger partial charge in [-0.05, 0) is 32.1 Å². The Kier molecular flexibility index (Phi) is 16.9. The number of carbonyl (C=O) groups is 3. The number of carbonyl (C=O) groups excluding carboxylic acids is 1. The first-order valence-electron chi connectivity index (χ1n) is 10.4. The molecule has 0 aliphatic carbocycles. The summed E-state index contributed by atoms with van der Waals surface area (Å²) in [6.07, 6.45) is 17.5. The van der Waals surface area contributed by atoms with E-state index in [-0.39, 0.29) is 12.5 Å². The van der Waals surface area contributed by atoms with Crippen molar-refractivity contribution in [2.45, 2.75) is 96.5 Å². The first-order valence-corrected chi connectivity index (χ1v) is 10.4. The number of rotatable bonds is 18. The van der Waals surface area contributed by atoms with Crippen LogP contribution in [0.5, 0.6) is 0 Å². The van der Waals surface area contributed by atoms with Gasteiger partial charge in [0, 0.05) is 25.0 Å². The third-order valence-electron chi connectivity index (χ3n) is 4.35. The van der Waals surface area contributed by atoms with Crippen LogP contribution in [0.15, 0.2) is 24.3 Å². The van der Waals surface area contributed by atoms with Crippen LogP contribution in [0.1, 0.15) is 90.4 Å². The van der Waals surface area contributed by atoms with Gasteiger partial charge in [0.05, 0.1) is 0 Å². The maximum absolute atomic E-state index is 11.7. The molecule has 0 aliphatic rings. The summed E-state index contributed by atoms with van der Waals surface area (Å²) in [4.78, 5) is 32.6. The molecule has 0 spiro atoms. The molecule has 0 aliphatic heterocycles. The number of allylic oxidation sites excluding steroid dienone is 1. The van der Waals surface area contributed by atoms with Gasteiger partial charge in [0.2, 0.25) is 0 Å². The van der Waals surface area contributed by atoms with E-state index in [1.807, 2.05) is 6.08 Å². The van der Waals surface area contributed by atoms with E-state index in [0.29, 0.717) is 6.42 Å². The lowest BCUT2D eigenvalue weighted by molar-refractivity contribution is -0.143. The summed E-state index contributed by atoms with van der Waals surface area (Å²) in [6.45, 7) is 2.14. The largest absolute Gasteiger partial charge is 0.481 e. The van der Waals surface area contributed by atoms with E-state index in [9.17, 15) is 14.4 Å². The summed E-state index contributed by atoms with van der Waals surface area (Å²) < 4.78 is 5.38. The van der Waals surface area contributed by atoms with Crippen LogP contribution < -0.4 is 0 Å². The third-order valence-corrected chi connectivity index (χ3v) is 4.35. The predicted octanol–water partition coefficient (Wildman–Crippen LogP) is 5.27. The molecule has 1 atom stereocenters. The average Bonchev–Trinajstić information content (AvgIpc) is 2.64. The van der Waals surface area contributed by atoms with Gasteiger partial charge in [0.25, 0.3) is 0 Å². The Hall–Kier alpha value is -2.11. The van der Waals surface area contributed by atoms with Crippen LogP contribution in [0, 0.1) is 0 Å². The maximum Gasteiger partial charge on any atom is 0.331 e. The number of esters is 1. The van der Waals surface area contributed by atoms with E-state index in [1.165, 1.54) is 0 Å². The summed E-state index contributed by atoms with van der Waals surface area (Å²) in [5.74, 6) is -2.51. The first kappa shape index (κ1) is 25.9. The predicted molar refractivity (Wildman–Crippen MR) is 109 cm³/mol. The molecule has 6 nitrogen and oxygen atoms in total. The molecule has 0 radical (unpaired) electrons. The van der Waals surface area contributed by atoms with Crippen molar-refractivity contribution in [3.8, 4) is 0 Å². The smallest absolute Gasteiger partial charge is 0.331 e. The molecule has 0 saturated carbocycles. The van der Waals surface area contributed by atoms with Crippen LogP contribution in [0.3, 0.4) is 0 Å². The van der Waals surface area contributed by atoms with Crippen molar-refractivity contribution in [1.82, 2.24) is 0 Å².